The van der Waals surface area contributed by atoms with Gasteiger partial charge in [-0.1, -0.05) is 32.0 Å². The minimum absolute atomic E-state index is 0.118. The molecule has 2 aliphatic heterocycles. The van der Waals surface area contributed by atoms with Crippen LogP contribution in [0.2, 0.25) is 0 Å². The summed E-state index contributed by atoms with van der Waals surface area (Å²) in [6.07, 6.45) is 1.75. The first kappa shape index (κ1) is 21.5. The fourth-order valence-corrected chi connectivity index (χ4v) is 5.32. The standard InChI is InChI=1S/C27H25NO4S/c1-16(2)17-7-10-20(11-8-17)28-24(22-6-4-14-33-22)23(26(30)27(28)31)25(29)19-9-12-21-18(15-19)5-3-13-32-21/h4,6-12,14-16,24,29H,3,5,13H2,1-2H3/b25-23-. The van der Waals surface area contributed by atoms with Crippen molar-refractivity contribution < 1.29 is 19.4 Å². The molecule has 1 atom stereocenters. The highest BCUT2D eigenvalue weighted by Gasteiger charge is 2.47. The Bertz CT molecular complexity index is 1240. The Balaban J connectivity index is 1.63. The highest BCUT2D eigenvalue weighted by molar-refractivity contribution is 7.10. The minimum atomic E-state index is -0.679. The first-order valence-corrected chi connectivity index (χ1v) is 12.0. The summed E-state index contributed by atoms with van der Waals surface area (Å²) in [6, 6.07) is 16.2. The number of thiophene rings is 1. The van der Waals surface area contributed by atoms with Crippen LogP contribution < -0.4 is 9.64 Å². The molecule has 6 heteroatoms. The number of ether oxygens (including phenoxy) is 1. The van der Waals surface area contributed by atoms with Crippen LogP contribution in [0.15, 0.2) is 65.6 Å². The second kappa shape index (κ2) is 8.52. The zero-order valence-corrected chi connectivity index (χ0v) is 19.4. The summed E-state index contributed by atoms with van der Waals surface area (Å²) in [4.78, 5) is 28.8. The summed E-state index contributed by atoms with van der Waals surface area (Å²) < 4.78 is 5.68. The molecule has 5 nitrogen and oxygen atoms in total. The van der Waals surface area contributed by atoms with Gasteiger partial charge >= 0.3 is 0 Å². The molecule has 5 rings (SSSR count). The number of Topliss-reactive ketones (excluding diaryl/α,β-unsaturated/α-hetero) is 1. The van der Waals surface area contributed by atoms with E-state index in [2.05, 4.69) is 13.8 Å². The van der Waals surface area contributed by atoms with Crippen LogP contribution in [0.1, 0.15) is 53.8 Å². The fourth-order valence-electron chi connectivity index (χ4n) is 4.50. The molecule has 2 aromatic carbocycles. The van der Waals surface area contributed by atoms with Gasteiger partial charge in [0.2, 0.25) is 0 Å². The first-order valence-electron chi connectivity index (χ1n) is 11.2. The Labute approximate surface area is 196 Å². The lowest BCUT2D eigenvalue weighted by molar-refractivity contribution is -0.132. The predicted molar refractivity (Wildman–Crippen MR) is 130 cm³/mol. The summed E-state index contributed by atoms with van der Waals surface area (Å²) >= 11 is 1.46. The van der Waals surface area contributed by atoms with E-state index >= 15 is 0 Å². The second-order valence-corrected chi connectivity index (χ2v) is 9.68. The molecule has 1 N–H and O–H groups in total. The van der Waals surface area contributed by atoms with E-state index in [0.29, 0.717) is 23.8 Å². The van der Waals surface area contributed by atoms with Crippen molar-refractivity contribution in [3.8, 4) is 5.75 Å². The molecule has 1 unspecified atom stereocenters. The second-order valence-electron chi connectivity index (χ2n) is 8.71. The molecule has 0 spiro atoms. The third-order valence-electron chi connectivity index (χ3n) is 6.28. The van der Waals surface area contributed by atoms with Gasteiger partial charge in [0, 0.05) is 16.1 Å². The predicted octanol–water partition coefficient (Wildman–Crippen LogP) is 5.82. The van der Waals surface area contributed by atoms with E-state index < -0.39 is 17.7 Å². The Morgan fingerprint density at radius 1 is 1.12 bits per heavy atom. The van der Waals surface area contributed by atoms with E-state index in [4.69, 9.17) is 4.74 Å². The normalized spacial score (nSPS) is 19.6. The molecule has 3 heterocycles. The summed E-state index contributed by atoms with van der Waals surface area (Å²) in [5.74, 6) is -0.295. The summed E-state index contributed by atoms with van der Waals surface area (Å²) in [5, 5.41) is 13.2. The molecule has 0 saturated carbocycles. The van der Waals surface area contributed by atoms with Gasteiger partial charge in [-0.3, -0.25) is 14.5 Å². The van der Waals surface area contributed by atoms with Crippen molar-refractivity contribution in [1.82, 2.24) is 0 Å². The van der Waals surface area contributed by atoms with Crippen LogP contribution >= 0.6 is 11.3 Å². The van der Waals surface area contributed by atoms with Crippen LogP contribution in [0.4, 0.5) is 5.69 Å². The zero-order chi connectivity index (χ0) is 23.1. The summed E-state index contributed by atoms with van der Waals surface area (Å²) in [5.41, 5.74) is 3.43. The topological polar surface area (TPSA) is 66.8 Å². The number of rotatable bonds is 4. The number of aliphatic hydroxyl groups excluding tert-OH is 1. The van der Waals surface area contributed by atoms with Crippen molar-refractivity contribution in [3.05, 3.63) is 87.1 Å². The molecule has 1 saturated heterocycles. The molecule has 0 radical (unpaired) electrons. The van der Waals surface area contributed by atoms with Crippen molar-refractivity contribution in [2.75, 3.05) is 11.5 Å². The molecular weight excluding hydrogens is 434 g/mol. The number of nitrogens with zero attached hydrogens (tertiary/aromatic N) is 1. The monoisotopic (exact) mass is 459 g/mol. The quantitative estimate of drug-likeness (QED) is 0.303. The first-order chi connectivity index (χ1) is 16.0. The molecule has 1 aromatic heterocycles. The number of anilines is 1. The highest BCUT2D eigenvalue weighted by atomic mass is 32.1. The molecule has 0 bridgehead atoms. The van der Waals surface area contributed by atoms with Crippen molar-refractivity contribution in [2.24, 2.45) is 0 Å². The molecule has 1 fully saturated rings. The third kappa shape index (κ3) is 3.74. The van der Waals surface area contributed by atoms with Gasteiger partial charge in [-0.15, -0.1) is 11.3 Å². The number of carbonyl (C=O) groups is 2. The van der Waals surface area contributed by atoms with E-state index in [1.54, 1.807) is 6.07 Å². The summed E-state index contributed by atoms with van der Waals surface area (Å²) in [6.45, 7) is 4.89. The number of hydrogen-bond donors (Lipinski definition) is 1. The number of ketones is 1. The maximum atomic E-state index is 13.2. The largest absolute Gasteiger partial charge is 0.507 e. The molecular formula is C27H25NO4S. The minimum Gasteiger partial charge on any atom is -0.507 e. The number of aliphatic hydroxyl groups is 1. The van der Waals surface area contributed by atoms with Gasteiger partial charge in [0.05, 0.1) is 12.2 Å². The van der Waals surface area contributed by atoms with Crippen LogP contribution in [-0.4, -0.2) is 23.4 Å². The molecule has 3 aromatic rings. The van der Waals surface area contributed by atoms with Crippen molar-refractivity contribution in [1.29, 1.82) is 0 Å². The van der Waals surface area contributed by atoms with Gasteiger partial charge in [-0.25, -0.2) is 0 Å². The van der Waals surface area contributed by atoms with Crippen molar-refractivity contribution in [3.63, 3.8) is 0 Å². The molecule has 168 valence electrons. The molecule has 0 aliphatic carbocycles. The molecule has 33 heavy (non-hydrogen) atoms. The Morgan fingerprint density at radius 3 is 2.61 bits per heavy atom. The lowest BCUT2D eigenvalue weighted by Gasteiger charge is -2.24. The maximum absolute atomic E-state index is 13.2. The van der Waals surface area contributed by atoms with E-state index in [-0.39, 0.29) is 11.3 Å². The van der Waals surface area contributed by atoms with Gasteiger partial charge in [0.25, 0.3) is 11.7 Å². The Hall–Kier alpha value is -3.38. The van der Waals surface area contributed by atoms with E-state index in [1.807, 2.05) is 53.9 Å². The summed E-state index contributed by atoms with van der Waals surface area (Å²) in [7, 11) is 0. The number of carbonyl (C=O) groups excluding carboxylic acids is 2. The van der Waals surface area contributed by atoms with Gasteiger partial charge in [0.1, 0.15) is 17.6 Å². The number of benzene rings is 2. The van der Waals surface area contributed by atoms with Crippen LogP contribution in [0, 0.1) is 0 Å². The van der Waals surface area contributed by atoms with Gasteiger partial charge in [-0.2, -0.15) is 0 Å². The van der Waals surface area contributed by atoms with E-state index in [9.17, 15) is 14.7 Å². The van der Waals surface area contributed by atoms with Crippen LogP contribution in [0.25, 0.3) is 5.76 Å². The Kier molecular flexibility index (Phi) is 5.54. The highest BCUT2D eigenvalue weighted by Crippen LogP contribution is 2.44. The average Bonchev–Trinajstić information content (AvgIpc) is 3.45. The zero-order valence-electron chi connectivity index (χ0n) is 18.6. The smallest absolute Gasteiger partial charge is 0.300 e. The SMILES string of the molecule is CC(C)c1ccc(N2C(=O)C(=O)/C(=C(\O)c3ccc4c(c3)CCCO4)C2c2cccs2)cc1. The maximum Gasteiger partial charge on any atom is 0.300 e. The average molecular weight is 460 g/mol. The fraction of sp³-hybridized carbons (Fsp3) is 0.259. The lowest BCUT2D eigenvalue weighted by Crippen LogP contribution is -2.29. The van der Waals surface area contributed by atoms with Crippen LogP contribution in [0.3, 0.4) is 0 Å². The lowest BCUT2D eigenvalue weighted by atomic mass is 9.97. The van der Waals surface area contributed by atoms with Gasteiger partial charge < -0.3 is 9.84 Å². The van der Waals surface area contributed by atoms with Crippen LogP contribution in [-0.2, 0) is 16.0 Å². The number of amides is 1. The number of fused-ring (bicyclic) bond motifs is 1. The van der Waals surface area contributed by atoms with E-state index in [0.717, 1.165) is 34.6 Å². The van der Waals surface area contributed by atoms with Crippen molar-refractivity contribution >= 4 is 34.5 Å². The van der Waals surface area contributed by atoms with Crippen molar-refractivity contribution in [2.45, 2.75) is 38.6 Å². The van der Waals surface area contributed by atoms with E-state index in [1.165, 1.54) is 16.2 Å². The van der Waals surface area contributed by atoms with Gasteiger partial charge in [-0.05, 0) is 71.7 Å². The molecule has 2 aliphatic rings. The number of aryl methyl sites for hydroxylation is 1. The van der Waals surface area contributed by atoms with Gasteiger partial charge in [0.15, 0.2) is 0 Å². The Morgan fingerprint density at radius 2 is 1.91 bits per heavy atom. The van der Waals surface area contributed by atoms with Crippen LogP contribution in [0.5, 0.6) is 5.75 Å². The molecule has 1 amide bonds. The third-order valence-corrected chi connectivity index (χ3v) is 7.20. The number of hydrogen-bond acceptors (Lipinski definition) is 5.